The number of nitrogens with two attached hydrogens (primary N) is 2. The number of hydrogen-bond acceptors (Lipinski definition) is 8. The van der Waals surface area contributed by atoms with Crippen LogP contribution >= 0.6 is 0 Å². The summed E-state index contributed by atoms with van der Waals surface area (Å²) in [4.78, 5) is 16.5. The van der Waals surface area contributed by atoms with Crippen LogP contribution in [0.1, 0.15) is 25.7 Å². The Kier molecular flexibility index (Phi) is 31.2. The molecule has 1 aliphatic carbocycles. The largest absolute Gasteiger partial charge is 2.00 e. The zero-order valence-electron chi connectivity index (χ0n) is 9.80. The molecule has 1 rings (SSSR count). The molecule has 12 nitrogen and oxygen atoms in total. The molecule has 1 saturated carbocycles. The Morgan fingerprint density at radius 2 is 0.947 bits per heavy atom. The van der Waals surface area contributed by atoms with Crippen LogP contribution in [0.4, 0.5) is 0 Å². The molecule has 2 unspecified atom stereocenters. The maximum absolute atomic E-state index is 8.25. The summed E-state index contributed by atoms with van der Waals surface area (Å²) < 4.78 is 0. The molecule has 1 aliphatic rings. The minimum absolute atomic E-state index is 0. The van der Waals surface area contributed by atoms with E-state index in [2.05, 4.69) is 0 Å². The average Bonchev–Trinajstić information content (AvgIpc) is 2.08. The van der Waals surface area contributed by atoms with Gasteiger partial charge in [-0.25, -0.2) is 0 Å². The van der Waals surface area contributed by atoms with E-state index >= 15 is 0 Å². The smallest absolute Gasteiger partial charge is 0.412 e. The van der Waals surface area contributed by atoms with Gasteiger partial charge in [0, 0.05) is 12.1 Å². The summed E-state index contributed by atoms with van der Waals surface area (Å²) in [6.07, 6.45) is 4.80. The van der Waals surface area contributed by atoms with Gasteiger partial charge in [-0.15, -0.1) is 0 Å². The first-order chi connectivity index (χ1) is 7.27. The summed E-state index contributed by atoms with van der Waals surface area (Å²) in [7, 11) is 0. The fourth-order valence-electron chi connectivity index (χ4n) is 1.19. The average molecular weight is 469 g/mol. The summed E-state index contributed by atoms with van der Waals surface area (Å²) in [5.41, 5.74) is 11.3. The maximum Gasteiger partial charge on any atom is 2.00 e. The number of rotatable bonds is 0. The third kappa shape index (κ3) is 38.3. The van der Waals surface area contributed by atoms with Crippen LogP contribution in [-0.4, -0.2) is 33.2 Å². The molecule has 0 saturated heterocycles. The third-order valence-electron chi connectivity index (χ3n) is 1.87. The van der Waals surface area contributed by atoms with E-state index < -0.39 is 10.2 Å². The molecule has 0 bridgehead atoms. The van der Waals surface area contributed by atoms with Gasteiger partial charge in [0.25, 0.3) is 0 Å². The molecule has 8 N–H and O–H groups in total. The Labute approximate surface area is 122 Å². The van der Waals surface area contributed by atoms with Crippen LogP contribution < -0.4 is 11.5 Å². The van der Waals surface area contributed by atoms with Crippen molar-refractivity contribution in [1.82, 2.24) is 0 Å². The van der Waals surface area contributed by atoms with E-state index in [0.717, 1.165) is 12.8 Å². The second-order valence-corrected chi connectivity index (χ2v) is 3.06. The molecule has 1 fully saturated rings. The van der Waals surface area contributed by atoms with Crippen molar-refractivity contribution >= 4 is 0 Å². The molecule has 120 valence electrons. The van der Waals surface area contributed by atoms with Gasteiger partial charge in [-0.1, -0.05) is 12.8 Å². The van der Waals surface area contributed by atoms with Crippen molar-refractivity contribution in [3.8, 4) is 0 Å². The quantitative estimate of drug-likeness (QED) is 0.298. The zero-order valence-corrected chi connectivity index (χ0v) is 12.1. The van der Waals surface area contributed by atoms with Crippen LogP contribution in [0.15, 0.2) is 0 Å². The fourth-order valence-corrected chi connectivity index (χ4v) is 1.19. The first-order valence-electron chi connectivity index (χ1n) is 4.41. The number of hydrogen-bond donors (Lipinski definition) is 2. The van der Waals surface area contributed by atoms with Crippen LogP contribution in [-0.2, 0) is 21.1 Å². The normalized spacial score (nSPS) is 19.3. The van der Waals surface area contributed by atoms with Crippen molar-refractivity contribution in [2.45, 2.75) is 37.8 Å². The molecule has 0 heterocycles. The topological polar surface area (TPSA) is 247 Å². The fraction of sp³-hybridized carbons (Fsp3) is 1.00. The minimum atomic E-state index is -1.75. The van der Waals surface area contributed by atoms with Gasteiger partial charge in [-0.05, 0) is 12.8 Å². The molecule has 0 amide bonds. The van der Waals surface area contributed by atoms with Gasteiger partial charge < -0.3 is 53.1 Å². The van der Waals surface area contributed by atoms with E-state index in [4.69, 9.17) is 42.1 Å². The first kappa shape index (κ1) is 30.7. The standard InChI is InChI=1S/C6H14N2.2NO3.2H2O.Pt/c7-5-3-1-2-4-6(5)8;2*2-1(3)4;;;/h5-6H,1-4,7-8H2;;;2*1H2;/q;2*-1;;;+2. The predicted octanol–water partition coefficient (Wildman–Crippen LogP) is -1.92. The Bertz CT molecular complexity index is 191. The SMILES string of the molecule is NC1CCCCC1N.O.O.O=[N+]([O-])[O-].O=[N+]([O-])[O-].[Pt+2]. The van der Waals surface area contributed by atoms with Crippen molar-refractivity contribution in [2.75, 3.05) is 0 Å². The Morgan fingerprint density at radius 3 is 1.05 bits per heavy atom. The van der Waals surface area contributed by atoms with Crippen molar-refractivity contribution in [3.63, 3.8) is 0 Å². The van der Waals surface area contributed by atoms with Crippen LogP contribution in [0.5, 0.6) is 0 Å². The summed E-state index contributed by atoms with van der Waals surface area (Å²) in [5.74, 6) is 0. The van der Waals surface area contributed by atoms with E-state index in [1.807, 2.05) is 0 Å². The van der Waals surface area contributed by atoms with Gasteiger partial charge in [-0.2, -0.15) is 0 Å². The van der Waals surface area contributed by atoms with Crippen molar-refractivity contribution in [2.24, 2.45) is 11.5 Å². The Hall–Kier alpha value is -1.07. The van der Waals surface area contributed by atoms with Crippen LogP contribution in [0.3, 0.4) is 0 Å². The van der Waals surface area contributed by atoms with Crippen LogP contribution in [0.2, 0.25) is 0 Å². The van der Waals surface area contributed by atoms with Crippen molar-refractivity contribution in [1.29, 1.82) is 0 Å². The molecule has 0 spiro atoms. The zero-order chi connectivity index (χ0) is 13.1. The van der Waals surface area contributed by atoms with Crippen molar-refractivity contribution < 1.29 is 42.2 Å². The molecule has 0 aromatic heterocycles. The molecule has 0 aromatic carbocycles. The van der Waals surface area contributed by atoms with E-state index in [-0.39, 0.29) is 44.1 Å². The summed E-state index contributed by atoms with van der Waals surface area (Å²) in [6.45, 7) is 0. The van der Waals surface area contributed by atoms with Crippen LogP contribution in [0, 0.1) is 30.6 Å². The van der Waals surface area contributed by atoms with E-state index in [9.17, 15) is 0 Å². The second-order valence-electron chi connectivity index (χ2n) is 3.06. The molecule has 2 atom stereocenters. The molecule has 0 aliphatic heterocycles. The second kappa shape index (κ2) is 19.3. The van der Waals surface area contributed by atoms with E-state index in [1.165, 1.54) is 12.8 Å². The van der Waals surface area contributed by atoms with E-state index in [1.54, 1.807) is 0 Å². The molecule has 13 heteroatoms. The molecule has 0 aromatic rings. The molecule has 0 radical (unpaired) electrons. The van der Waals surface area contributed by atoms with Gasteiger partial charge in [-0.3, -0.25) is 0 Å². The van der Waals surface area contributed by atoms with Crippen molar-refractivity contribution in [3.05, 3.63) is 30.6 Å². The monoisotopic (exact) mass is 469 g/mol. The van der Waals surface area contributed by atoms with Crippen LogP contribution in [0.25, 0.3) is 0 Å². The van der Waals surface area contributed by atoms with Gasteiger partial charge in [0.2, 0.25) is 0 Å². The Morgan fingerprint density at radius 1 is 0.789 bits per heavy atom. The van der Waals surface area contributed by atoms with E-state index in [0.29, 0.717) is 0 Å². The molecular formula is C6H18N4O8Pt. The summed E-state index contributed by atoms with van der Waals surface area (Å²) in [6, 6.07) is 0.562. The van der Waals surface area contributed by atoms with Gasteiger partial charge in [0.15, 0.2) is 0 Å². The summed E-state index contributed by atoms with van der Waals surface area (Å²) in [5, 5.41) is 29.5. The van der Waals surface area contributed by atoms with Gasteiger partial charge in [0.1, 0.15) is 0 Å². The first-order valence-corrected chi connectivity index (χ1v) is 4.41. The molecular weight excluding hydrogens is 451 g/mol. The minimum Gasteiger partial charge on any atom is -0.412 e. The van der Waals surface area contributed by atoms with Gasteiger partial charge >= 0.3 is 21.1 Å². The Balaban J connectivity index is -0.0000000526. The third-order valence-corrected chi connectivity index (χ3v) is 1.87. The molecule has 19 heavy (non-hydrogen) atoms. The summed E-state index contributed by atoms with van der Waals surface area (Å²) >= 11 is 0. The predicted molar refractivity (Wildman–Crippen MR) is 62.4 cm³/mol. The maximum atomic E-state index is 8.25. The van der Waals surface area contributed by atoms with Gasteiger partial charge in [0.05, 0.1) is 10.2 Å². The number of nitrogens with zero attached hydrogens (tertiary/aromatic N) is 2.